The summed E-state index contributed by atoms with van der Waals surface area (Å²) >= 11 is 0. The molecule has 0 saturated heterocycles. The van der Waals surface area contributed by atoms with Gasteiger partial charge in [-0.2, -0.15) is 0 Å². The van der Waals surface area contributed by atoms with Gasteiger partial charge >= 0.3 is 5.97 Å². The minimum absolute atomic E-state index is 0.722. The van der Waals surface area contributed by atoms with Crippen LogP contribution in [0.25, 0.3) is 0 Å². The summed E-state index contributed by atoms with van der Waals surface area (Å²) in [4.78, 5) is 0. The normalized spacial score (nSPS) is 19.8. The van der Waals surface area contributed by atoms with Gasteiger partial charge in [-0.05, 0) is 18.4 Å². The van der Waals surface area contributed by atoms with Crippen molar-refractivity contribution in [3.63, 3.8) is 0 Å². The van der Waals surface area contributed by atoms with Gasteiger partial charge in [0.2, 0.25) is 0 Å². The predicted molar refractivity (Wildman–Crippen MR) is 50.1 cm³/mol. The van der Waals surface area contributed by atoms with Gasteiger partial charge in [0.1, 0.15) is 0 Å². The van der Waals surface area contributed by atoms with E-state index in [-0.39, 0.29) is 0 Å². The van der Waals surface area contributed by atoms with Gasteiger partial charge in [0.15, 0.2) is 0 Å². The molecule has 1 aliphatic heterocycles. The fourth-order valence-corrected chi connectivity index (χ4v) is 1.41. The third kappa shape index (κ3) is 2.45. The summed E-state index contributed by atoms with van der Waals surface area (Å²) in [6.45, 7) is 2.18. The van der Waals surface area contributed by atoms with Gasteiger partial charge in [-0.1, -0.05) is 13.3 Å². The lowest BCUT2D eigenvalue weighted by molar-refractivity contribution is -0.330. The van der Waals surface area contributed by atoms with Crippen molar-refractivity contribution in [1.29, 1.82) is 0 Å². The molecule has 76 valence electrons. The highest BCUT2D eigenvalue weighted by molar-refractivity contribution is 5.05. The maximum atomic E-state index is 5.34. The minimum Gasteiger partial charge on any atom is -0.447 e. The highest BCUT2D eigenvalue weighted by Gasteiger charge is 2.36. The average molecular weight is 186 g/mol. The zero-order chi connectivity index (χ0) is 9.73. The average Bonchev–Trinajstić information content (AvgIpc) is 2.59. The third-order valence-electron chi connectivity index (χ3n) is 2.32. The monoisotopic (exact) mass is 186 g/mol. The first-order valence-electron chi connectivity index (χ1n) is 4.72. The molecule has 1 rings (SSSR count). The molecule has 0 saturated carbocycles. The van der Waals surface area contributed by atoms with Crippen molar-refractivity contribution in [2.75, 3.05) is 14.2 Å². The second-order valence-corrected chi connectivity index (χ2v) is 3.27. The van der Waals surface area contributed by atoms with Crippen molar-refractivity contribution in [2.45, 2.75) is 38.6 Å². The smallest absolute Gasteiger partial charge is 0.329 e. The van der Waals surface area contributed by atoms with Crippen LogP contribution in [-0.2, 0) is 14.2 Å². The van der Waals surface area contributed by atoms with E-state index >= 15 is 0 Å². The molecular formula is C10H18O3. The van der Waals surface area contributed by atoms with Crippen molar-refractivity contribution in [2.24, 2.45) is 0 Å². The van der Waals surface area contributed by atoms with Crippen LogP contribution in [0.3, 0.4) is 0 Å². The molecule has 0 atom stereocenters. The predicted octanol–water partition coefficient (Wildman–Crippen LogP) is 2.43. The van der Waals surface area contributed by atoms with E-state index < -0.39 is 5.97 Å². The van der Waals surface area contributed by atoms with Gasteiger partial charge < -0.3 is 14.2 Å². The Labute approximate surface area is 79.7 Å². The van der Waals surface area contributed by atoms with Crippen LogP contribution < -0.4 is 0 Å². The van der Waals surface area contributed by atoms with Gasteiger partial charge in [-0.3, -0.25) is 0 Å². The number of ether oxygens (including phenoxy) is 3. The Bertz CT molecular complexity index is 183. The molecular weight excluding hydrogens is 168 g/mol. The maximum Gasteiger partial charge on any atom is 0.329 e. The topological polar surface area (TPSA) is 27.7 Å². The lowest BCUT2D eigenvalue weighted by Gasteiger charge is -2.24. The molecule has 0 aliphatic carbocycles. The molecule has 1 aliphatic rings. The zero-order valence-corrected chi connectivity index (χ0v) is 8.63. The third-order valence-corrected chi connectivity index (χ3v) is 2.32. The fraction of sp³-hybridized carbons (Fsp3) is 0.800. The molecule has 0 amide bonds. The molecule has 3 heteroatoms. The molecule has 0 N–H and O–H groups in total. The van der Waals surface area contributed by atoms with Crippen LogP contribution >= 0.6 is 0 Å². The molecule has 1 heterocycles. The molecule has 0 radical (unpaired) electrons. The minimum atomic E-state index is -0.844. The van der Waals surface area contributed by atoms with Crippen LogP contribution in [0.5, 0.6) is 0 Å². The number of rotatable bonds is 5. The first kappa shape index (κ1) is 10.5. The summed E-state index contributed by atoms with van der Waals surface area (Å²) in [5.74, 6) is -0.844. The summed E-state index contributed by atoms with van der Waals surface area (Å²) < 4.78 is 15.7. The summed E-state index contributed by atoms with van der Waals surface area (Å²) in [6.07, 6.45) is 5.95. The zero-order valence-electron chi connectivity index (χ0n) is 8.63. The fourth-order valence-electron chi connectivity index (χ4n) is 1.41. The van der Waals surface area contributed by atoms with Crippen LogP contribution in [0.2, 0.25) is 0 Å². The molecule has 0 unspecified atom stereocenters. The first-order chi connectivity index (χ1) is 6.26. The number of methoxy groups -OCH3 is 2. The van der Waals surface area contributed by atoms with Crippen LogP contribution in [-0.4, -0.2) is 20.2 Å². The van der Waals surface area contributed by atoms with E-state index in [1.54, 1.807) is 20.5 Å². The van der Waals surface area contributed by atoms with E-state index in [2.05, 4.69) is 6.92 Å². The highest BCUT2D eigenvalue weighted by Crippen LogP contribution is 2.32. The van der Waals surface area contributed by atoms with E-state index in [0.717, 1.165) is 12.8 Å². The van der Waals surface area contributed by atoms with Gasteiger partial charge in [0.05, 0.1) is 12.7 Å². The van der Waals surface area contributed by atoms with Crippen LogP contribution in [0.15, 0.2) is 11.8 Å². The molecule has 0 fully saturated rings. The summed E-state index contributed by atoms with van der Waals surface area (Å²) in [5.41, 5.74) is 1.27. The Balaban J connectivity index is 2.39. The summed E-state index contributed by atoms with van der Waals surface area (Å²) in [5, 5.41) is 0. The maximum absolute atomic E-state index is 5.34. The Morgan fingerprint density at radius 2 is 2.15 bits per heavy atom. The van der Waals surface area contributed by atoms with E-state index in [0.29, 0.717) is 0 Å². The quantitative estimate of drug-likeness (QED) is 0.617. The Hall–Kier alpha value is -0.540. The van der Waals surface area contributed by atoms with Crippen LogP contribution in [0, 0.1) is 0 Å². The lowest BCUT2D eigenvalue weighted by atomic mass is 10.1. The number of unbranched alkanes of at least 4 members (excludes halogenated alkanes) is 1. The SMILES string of the molecule is CCCCC1=COC(OC)(OC)C1. The van der Waals surface area contributed by atoms with E-state index in [9.17, 15) is 0 Å². The molecule has 0 aromatic rings. The largest absolute Gasteiger partial charge is 0.447 e. The number of hydrogen-bond acceptors (Lipinski definition) is 3. The number of hydrogen-bond donors (Lipinski definition) is 0. The highest BCUT2D eigenvalue weighted by atomic mass is 16.9. The Morgan fingerprint density at radius 1 is 1.46 bits per heavy atom. The molecule has 0 aromatic carbocycles. The first-order valence-corrected chi connectivity index (χ1v) is 4.72. The molecule has 0 bridgehead atoms. The molecule has 13 heavy (non-hydrogen) atoms. The van der Waals surface area contributed by atoms with Crippen molar-refractivity contribution < 1.29 is 14.2 Å². The van der Waals surface area contributed by atoms with E-state index in [4.69, 9.17) is 14.2 Å². The van der Waals surface area contributed by atoms with Gasteiger partial charge in [-0.15, -0.1) is 0 Å². The summed E-state index contributed by atoms with van der Waals surface area (Å²) in [7, 11) is 3.19. The lowest BCUT2D eigenvalue weighted by Crippen LogP contribution is -2.32. The Morgan fingerprint density at radius 3 is 2.62 bits per heavy atom. The standard InChI is InChI=1S/C10H18O3/c1-4-5-6-9-7-10(11-2,12-3)13-8-9/h8H,4-7H2,1-3H3. The second kappa shape index (κ2) is 4.63. The van der Waals surface area contributed by atoms with E-state index in [1.165, 1.54) is 18.4 Å². The molecule has 0 aromatic heterocycles. The van der Waals surface area contributed by atoms with Crippen molar-refractivity contribution >= 4 is 0 Å². The second-order valence-electron chi connectivity index (χ2n) is 3.27. The van der Waals surface area contributed by atoms with E-state index in [1.807, 2.05) is 0 Å². The van der Waals surface area contributed by atoms with Gasteiger partial charge in [0, 0.05) is 14.2 Å². The molecule has 3 nitrogen and oxygen atoms in total. The van der Waals surface area contributed by atoms with Gasteiger partial charge in [0.25, 0.3) is 0 Å². The van der Waals surface area contributed by atoms with Gasteiger partial charge in [-0.25, -0.2) is 0 Å². The van der Waals surface area contributed by atoms with Crippen molar-refractivity contribution in [3.8, 4) is 0 Å². The van der Waals surface area contributed by atoms with Crippen LogP contribution in [0.1, 0.15) is 32.6 Å². The molecule has 0 spiro atoms. The Kier molecular flexibility index (Phi) is 3.75. The van der Waals surface area contributed by atoms with Crippen molar-refractivity contribution in [1.82, 2.24) is 0 Å². The summed E-state index contributed by atoms with van der Waals surface area (Å²) in [6, 6.07) is 0. The van der Waals surface area contributed by atoms with Crippen LogP contribution in [0.4, 0.5) is 0 Å². The van der Waals surface area contributed by atoms with Crippen molar-refractivity contribution in [3.05, 3.63) is 11.8 Å².